The lowest BCUT2D eigenvalue weighted by atomic mass is 10.1. The third-order valence-corrected chi connectivity index (χ3v) is 3.20. The molecule has 0 aromatic heterocycles. The van der Waals surface area contributed by atoms with Crippen LogP contribution >= 0.6 is 0 Å². The van der Waals surface area contributed by atoms with Gasteiger partial charge in [-0.05, 0) is 30.2 Å². The quantitative estimate of drug-likeness (QED) is 0.912. The van der Waals surface area contributed by atoms with Crippen molar-refractivity contribution in [2.75, 3.05) is 11.9 Å². The van der Waals surface area contributed by atoms with Gasteiger partial charge in [-0.3, -0.25) is 0 Å². The van der Waals surface area contributed by atoms with Gasteiger partial charge in [0.05, 0.1) is 5.69 Å². The Hall–Kier alpha value is -1.87. The number of hydrogen-bond acceptors (Lipinski definition) is 2. The molecule has 2 aromatic carbocycles. The van der Waals surface area contributed by atoms with E-state index in [0.29, 0.717) is 18.8 Å². The van der Waals surface area contributed by atoms with Gasteiger partial charge in [0, 0.05) is 20.1 Å². The van der Waals surface area contributed by atoms with Crippen LogP contribution in [0.25, 0.3) is 0 Å². The van der Waals surface area contributed by atoms with E-state index in [4.69, 9.17) is 5.73 Å². The summed E-state index contributed by atoms with van der Waals surface area (Å²) in [5.74, 6) is -0.224. The molecule has 0 unspecified atom stereocenters. The van der Waals surface area contributed by atoms with Gasteiger partial charge in [0.1, 0.15) is 5.82 Å². The number of rotatable bonds is 4. The number of aryl methyl sites for hydroxylation is 1. The Kier molecular flexibility index (Phi) is 4.17. The second-order valence-electron chi connectivity index (χ2n) is 4.83. The van der Waals surface area contributed by atoms with E-state index in [1.54, 1.807) is 6.07 Å². The zero-order valence-corrected chi connectivity index (χ0v) is 11.4. The van der Waals surface area contributed by atoms with Crippen molar-refractivity contribution in [3.8, 4) is 0 Å². The summed E-state index contributed by atoms with van der Waals surface area (Å²) in [7, 11) is 1.89. The number of nitrogens with zero attached hydrogens (tertiary/aromatic N) is 1. The molecule has 0 atom stereocenters. The lowest BCUT2D eigenvalue weighted by molar-refractivity contribution is 0.620. The zero-order chi connectivity index (χ0) is 13.8. The minimum Gasteiger partial charge on any atom is -0.368 e. The molecule has 0 saturated heterocycles. The molecule has 0 spiro atoms. The molecule has 0 aliphatic carbocycles. The molecule has 0 aliphatic rings. The van der Waals surface area contributed by atoms with Crippen LogP contribution in [0, 0.1) is 12.7 Å². The summed E-state index contributed by atoms with van der Waals surface area (Å²) in [6, 6.07) is 13.4. The highest BCUT2D eigenvalue weighted by atomic mass is 19.1. The van der Waals surface area contributed by atoms with E-state index in [1.165, 1.54) is 11.6 Å². The summed E-state index contributed by atoms with van der Waals surface area (Å²) < 4.78 is 14.0. The fourth-order valence-electron chi connectivity index (χ4n) is 2.04. The first-order valence-corrected chi connectivity index (χ1v) is 6.35. The SMILES string of the molecule is Cc1ccc(CN(C)c2ccc(CN)cc2F)cc1. The second kappa shape index (κ2) is 5.85. The molecule has 100 valence electrons. The smallest absolute Gasteiger partial charge is 0.146 e. The van der Waals surface area contributed by atoms with Crippen molar-refractivity contribution >= 4 is 5.69 Å². The van der Waals surface area contributed by atoms with Gasteiger partial charge in [-0.2, -0.15) is 0 Å². The molecule has 0 aliphatic heterocycles. The fourth-order valence-corrected chi connectivity index (χ4v) is 2.04. The van der Waals surface area contributed by atoms with Crippen LogP contribution in [0.3, 0.4) is 0 Å². The molecule has 2 aromatic rings. The predicted molar refractivity (Wildman–Crippen MR) is 77.6 cm³/mol. The Morgan fingerprint density at radius 3 is 2.26 bits per heavy atom. The first-order valence-electron chi connectivity index (χ1n) is 6.35. The van der Waals surface area contributed by atoms with Crippen LogP contribution in [-0.4, -0.2) is 7.05 Å². The Morgan fingerprint density at radius 1 is 1.05 bits per heavy atom. The van der Waals surface area contributed by atoms with Gasteiger partial charge < -0.3 is 10.6 Å². The lowest BCUT2D eigenvalue weighted by Gasteiger charge is -2.20. The lowest BCUT2D eigenvalue weighted by Crippen LogP contribution is -2.18. The third-order valence-electron chi connectivity index (χ3n) is 3.20. The summed E-state index contributed by atoms with van der Waals surface area (Å²) >= 11 is 0. The predicted octanol–water partition coefficient (Wildman–Crippen LogP) is 3.23. The largest absolute Gasteiger partial charge is 0.368 e. The van der Waals surface area contributed by atoms with Gasteiger partial charge in [-0.1, -0.05) is 35.9 Å². The number of nitrogens with two attached hydrogens (primary N) is 1. The van der Waals surface area contributed by atoms with Crippen LogP contribution in [0.4, 0.5) is 10.1 Å². The van der Waals surface area contributed by atoms with Crippen LogP contribution in [0.2, 0.25) is 0 Å². The van der Waals surface area contributed by atoms with Crippen molar-refractivity contribution < 1.29 is 4.39 Å². The summed E-state index contributed by atoms with van der Waals surface area (Å²) in [5.41, 5.74) is 9.30. The molecule has 3 heteroatoms. The summed E-state index contributed by atoms with van der Waals surface area (Å²) in [4.78, 5) is 1.90. The molecule has 0 heterocycles. The normalized spacial score (nSPS) is 10.5. The maximum Gasteiger partial charge on any atom is 0.146 e. The van der Waals surface area contributed by atoms with E-state index >= 15 is 0 Å². The fraction of sp³-hybridized carbons (Fsp3) is 0.250. The van der Waals surface area contributed by atoms with E-state index in [2.05, 4.69) is 31.2 Å². The topological polar surface area (TPSA) is 29.3 Å². The first-order chi connectivity index (χ1) is 9.10. The molecular formula is C16H19FN2. The molecule has 19 heavy (non-hydrogen) atoms. The van der Waals surface area contributed by atoms with Gasteiger partial charge >= 0.3 is 0 Å². The molecule has 0 bridgehead atoms. The minimum absolute atomic E-state index is 0.224. The third kappa shape index (κ3) is 3.32. The summed E-state index contributed by atoms with van der Waals surface area (Å²) in [5, 5.41) is 0. The van der Waals surface area contributed by atoms with Crippen molar-refractivity contribution in [3.05, 3.63) is 65.0 Å². The van der Waals surface area contributed by atoms with E-state index in [1.807, 2.05) is 18.0 Å². The van der Waals surface area contributed by atoms with Crippen molar-refractivity contribution in [2.45, 2.75) is 20.0 Å². The number of benzene rings is 2. The molecule has 2 N–H and O–H groups in total. The van der Waals surface area contributed by atoms with Crippen molar-refractivity contribution in [1.82, 2.24) is 0 Å². The molecule has 0 saturated carbocycles. The van der Waals surface area contributed by atoms with Crippen LogP contribution in [0.1, 0.15) is 16.7 Å². The van der Waals surface area contributed by atoms with Crippen LogP contribution in [0.5, 0.6) is 0 Å². The van der Waals surface area contributed by atoms with E-state index in [0.717, 1.165) is 11.1 Å². The van der Waals surface area contributed by atoms with E-state index < -0.39 is 0 Å². The van der Waals surface area contributed by atoms with Gasteiger partial charge in [-0.25, -0.2) is 4.39 Å². The van der Waals surface area contributed by atoms with E-state index in [-0.39, 0.29) is 5.82 Å². The number of hydrogen-bond donors (Lipinski definition) is 1. The van der Waals surface area contributed by atoms with Crippen molar-refractivity contribution in [1.29, 1.82) is 0 Å². The maximum atomic E-state index is 14.0. The van der Waals surface area contributed by atoms with Crippen LogP contribution < -0.4 is 10.6 Å². The van der Waals surface area contributed by atoms with Crippen LogP contribution in [0.15, 0.2) is 42.5 Å². The average molecular weight is 258 g/mol. The molecule has 0 fully saturated rings. The maximum absolute atomic E-state index is 14.0. The molecule has 2 nitrogen and oxygen atoms in total. The highest BCUT2D eigenvalue weighted by Gasteiger charge is 2.08. The first kappa shape index (κ1) is 13.6. The average Bonchev–Trinajstić information content (AvgIpc) is 2.41. The molecule has 2 rings (SSSR count). The van der Waals surface area contributed by atoms with E-state index in [9.17, 15) is 4.39 Å². The monoisotopic (exact) mass is 258 g/mol. The molecule has 0 amide bonds. The Morgan fingerprint density at radius 2 is 1.68 bits per heavy atom. The minimum atomic E-state index is -0.224. The van der Waals surface area contributed by atoms with Crippen molar-refractivity contribution in [2.24, 2.45) is 5.73 Å². The zero-order valence-electron chi connectivity index (χ0n) is 11.4. The highest BCUT2D eigenvalue weighted by Crippen LogP contribution is 2.21. The summed E-state index contributed by atoms with van der Waals surface area (Å²) in [6.45, 7) is 3.09. The van der Waals surface area contributed by atoms with Gasteiger partial charge in [-0.15, -0.1) is 0 Å². The Bertz CT molecular complexity index is 549. The van der Waals surface area contributed by atoms with Crippen molar-refractivity contribution in [3.63, 3.8) is 0 Å². The standard InChI is InChI=1S/C16H19FN2/c1-12-3-5-13(6-4-12)11-19(2)16-8-7-14(10-18)9-15(16)17/h3-9H,10-11,18H2,1-2H3. The number of halogens is 1. The second-order valence-corrected chi connectivity index (χ2v) is 4.83. The highest BCUT2D eigenvalue weighted by molar-refractivity contribution is 5.49. The molecular weight excluding hydrogens is 239 g/mol. The Labute approximate surface area is 113 Å². The number of anilines is 1. The van der Waals surface area contributed by atoms with Gasteiger partial charge in [0.15, 0.2) is 0 Å². The van der Waals surface area contributed by atoms with Crippen LogP contribution in [-0.2, 0) is 13.1 Å². The Balaban J connectivity index is 2.15. The molecule has 0 radical (unpaired) electrons. The summed E-state index contributed by atoms with van der Waals surface area (Å²) in [6.07, 6.45) is 0. The van der Waals surface area contributed by atoms with Gasteiger partial charge in [0.2, 0.25) is 0 Å². The van der Waals surface area contributed by atoms with Gasteiger partial charge in [0.25, 0.3) is 0 Å².